The molecular weight excluding hydrogens is 399 g/mol. The molecule has 7 nitrogen and oxygen atoms in total. The number of hydrogen-bond donors (Lipinski definition) is 2. The van der Waals surface area contributed by atoms with Gasteiger partial charge in [-0.05, 0) is 22.9 Å². The second-order valence-corrected chi connectivity index (χ2v) is 7.57. The van der Waals surface area contributed by atoms with Crippen molar-refractivity contribution in [1.82, 2.24) is 10.2 Å². The molecule has 1 saturated heterocycles. The van der Waals surface area contributed by atoms with Gasteiger partial charge in [-0.25, -0.2) is 0 Å². The van der Waals surface area contributed by atoms with Crippen LogP contribution in [-0.4, -0.2) is 39.9 Å². The Morgan fingerprint density at radius 3 is 2.65 bits per heavy atom. The molecule has 0 bridgehead atoms. The largest absolute Gasteiger partial charge is 1.00 e. The molecule has 0 aromatic heterocycles. The molecule has 0 saturated carbocycles. The van der Waals surface area contributed by atoms with Gasteiger partial charge in [0.05, 0.1) is 33.5 Å². The SMILES string of the molecule is CC(=O)NC=C(Br)SC1=C(C(=O)[O-])N2C(=O)[C@@H]([C@H](C)O)[C@H]2C1.[Na+]. The van der Waals surface area contributed by atoms with Gasteiger partial charge in [-0.1, -0.05) is 11.8 Å². The van der Waals surface area contributed by atoms with E-state index in [4.69, 9.17) is 0 Å². The second-order valence-electron chi connectivity index (χ2n) is 5.06. The van der Waals surface area contributed by atoms with E-state index < -0.39 is 23.9 Å². The summed E-state index contributed by atoms with van der Waals surface area (Å²) in [5, 5.41) is 23.4. The Balaban J connectivity index is 0.00000264. The Labute approximate surface area is 168 Å². The summed E-state index contributed by atoms with van der Waals surface area (Å²) >= 11 is 4.32. The third-order valence-corrected chi connectivity index (χ3v) is 5.12. The number of carbonyl (C=O) groups is 3. The molecule has 2 N–H and O–H groups in total. The number of aliphatic carboxylic acids is 1. The molecule has 2 amide bonds. The fourth-order valence-electron chi connectivity index (χ4n) is 2.62. The van der Waals surface area contributed by atoms with Crippen LogP contribution in [0.5, 0.6) is 0 Å². The number of β-lactam (4-membered cyclic amide) rings is 1. The molecule has 2 aliphatic rings. The van der Waals surface area contributed by atoms with Crippen LogP contribution >= 0.6 is 27.7 Å². The van der Waals surface area contributed by atoms with Crippen molar-refractivity contribution < 1.29 is 54.2 Å². The Hall–Kier alpha value is -0.320. The average Bonchev–Trinajstić information content (AvgIpc) is 2.70. The van der Waals surface area contributed by atoms with Crippen molar-refractivity contribution >= 4 is 45.5 Å². The van der Waals surface area contributed by atoms with Crippen LogP contribution in [0.2, 0.25) is 0 Å². The Bertz CT molecular complexity index is 607. The van der Waals surface area contributed by atoms with Crippen molar-refractivity contribution in [2.75, 3.05) is 0 Å². The van der Waals surface area contributed by atoms with E-state index in [1.165, 1.54) is 24.9 Å². The standard InChI is InChI=1S/C13H15BrN2O5S.Na/c1-5(17)10-7-3-8(22-9(14)4-15-6(2)18)11(13(20)21)16(7)12(10)19;/h4-5,7,10,17H,3H2,1-2H3,(H,15,18)(H,20,21);/q;+1/p-1/t5-,7+,10-;/m0./s1. The first-order valence-electron chi connectivity index (χ1n) is 6.50. The summed E-state index contributed by atoms with van der Waals surface area (Å²) in [6.45, 7) is 2.86. The van der Waals surface area contributed by atoms with Gasteiger partial charge in [0.1, 0.15) is 0 Å². The predicted molar refractivity (Wildman–Crippen MR) is 80.9 cm³/mol. The number of rotatable bonds is 5. The number of halogens is 1. The van der Waals surface area contributed by atoms with Crippen LogP contribution < -0.4 is 40.0 Å². The molecule has 3 atom stereocenters. The third-order valence-electron chi connectivity index (χ3n) is 3.49. The molecule has 2 heterocycles. The van der Waals surface area contributed by atoms with Gasteiger partial charge in [0.2, 0.25) is 11.8 Å². The fraction of sp³-hybridized carbons (Fsp3) is 0.462. The summed E-state index contributed by atoms with van der Waals surface area (Å²) in [5.74, 6) is -2.68. The maximum atomic E-state index is 12.0. The summed E-state index contributed by atoms with van der Waals surface area (Å²) in [7, 11) is 0. The zero-order valence-corrected chi connectivity index (χ0v) is 17.2. The Kier molecular flexibility index (Phi) is 7.36. The first kappa shape index (κ1) is 20.7. The molecule has 23 heavy (non-hydrogen) atoms. The van der Waals surface area contributed by atoms with Gasteiger partial charge in [-0.3, -0.25) is 9.59 Å². The zero-order valence-electron chi connectivity index (χ0n) is 12.8. The number of carboxylic acid groups (broad SMARTS) is 1. The fourth-order valence-corrected chi connectivity index (χ4v) is 4.20. The number of nitrogens with zero attached hydrogens (tertiary/aromatic N) is 1. The smallest absolute Gasteiger partial charge is 0.543 e. The van der Waals surface area contributed by atoms with E-state index in [0.29, 0.717) is 15.1 Å². The van der Waals surface area contributed by atoms with Gasteiger partial charge in [0.25, 0.3) is 0 Å². The summed E-state index contributed by atoms with van der Waals surface area (Å²) in [4.78, 5) is 35.8. The normalized spacial score (nSPS) is 24.6. The van der Waals surface area contributed by atoms with Crippen molar-refractivity contribution in [3.63, 3.8) is 0 Å². The average molecular weight is 413 g/mol. The molecule has 0 unspecified atom stereocenters. The van der Waals surface area contributed by atoms with Crippen LogP contribution in [0.25, 0.3) is 0 Å². The maximum absolute atomic E-state index is 12.0. The zero-order chi connectivity index (χ0) is 16.6. The number of amides is 2. The van der Waals surface area contributed by atoms with E-state index in [1.807, 2.05) is 0 Å². The van der Waals surface area contributed by atoms with E-state index >= 15 is 0 Å². The molecule has 2 rings (SSSR count). The molecular formula is C13H14BrN2NaO5S. The van der Waals surface area contributed by atoms with Crippen LogP contribution in [-0.2, 0) is 14.4 Å². The van der Waals surface area contributed by atoms with Crippen LogP contribution in [0.1, 0.15) is 20.3 Å². The summed E-state index contributed by atoms with van der Waals surface area (Å²) < 4.78 is 0.500. The van der Waals surface area contributed by atoms with Crippen molar-refractivity contribution in [2.24, 2.45) is 5.92 Å². The minimum Gasteiger partial charge on any atom is -0.543 e. The molecule has 0 aliphatic carbocycles. The van der Waals surface area contributed by atoms with Gasteiger partial charge in [0, 0.05) is 24.4 Å². The molecule has 0 spiro atoms. The minimum atomic E-state index is -1.43. The molecule has 2 aliphatic heterocycles. The Morgan fingerprint density at radius 1 is 1.57 bits per heavy atom. The van der Waals surface area contributed by atoms with Crippen LogP contribution in [0.15, 0.2) is 20.6 Å². The molecule has 1 fully saturated rings. The first-order chi connectivity index (χ1) is 10.2. The molecule has 120 valence electrons. The van der Waals surface area contributed by atoms with E-state index in [1.54, 1.807) is 0 Å². The van der Waals surface area contributed by atoms with Crippen molar-refractivity contribution in [3.8, 4) is 0 Å². The van der Waals surface area contributed by atoms with Crippen LogP contribution in [0.3, 0.4) is 0 Å². The van der Waals surface area contributed by atoms with Gasteiger partial charge in [0.15, 0.2) is 0 Å². The number of fused-ring (bicyclic) bond motifs is 1. The Morgan fingerprint density at radius 2 is 2.17 bits per heavy atom. The molecule has 0 radical (unpaired) electrons. The number of aliphatic hydroxyl groups excluding tert-OH is 1. The monoisotopic (exact) mass is 412 g/mol. The van der Waals surface area contributed by atoms with Crippen molar-refractivity contribution in [1.29, 1.82) is 0 Å². The number of carbonyl (C=O) groups excluding carboxylic acids is 3. The number of thioether (sulfide) groups is 1. The van der Waals surface area contributed by atoms with E-state index in [0.717, 1.165) is 11.8 Å². The van der Waals surface area contributed by atoms with Gasteiger partial charge >= 0.3 is 29.6 Å². The van der Waals surface area contributed by atoms with Gasteiger partial charge < -0.3 is 25.2 Å². The quantitative estimate of drug-likeness (QED) is 0.360. The number of nitrogens with one attached hydrogen (secondary N) is 1. The molecule has 0 aromatic rings. The predicted octanol–water partition coefficient (Wildman–Crippen LogP) is -3.37. The number of carboxylic acids is 1. The number of aliphatic hydroxyl groups is 1. The van der Waals surface area contributed by atoms with E-state index in [2.05, 4.69) is 21.2 Å². The minimum absolute atomic E-state index is 0. The second kappa shape index (κ2) is 8.17. The number of hydrogen-bond acceptors (Lipinski definition) is 6. The van der Waals surface area contributed by atoms with Gasteiger partial charge in [-0.2, -0.15) is 0 Å². The van der Waals surface area contributed by atoms with Gasteiger partial charge in [-0.15, -0.1) is 0 Å². The summed E-state index contributed by atoms with van der Waals surface area (Å²) in [6.07, 6.45) is 0.897. The first-order valence-corrected chi connectivity index (χ1v) is 8.11. The molecule has 0 aromatic carbocycles. The summed E-state index contributed by atoms with van der Waals surface area (Å²) in [6, 6.07) is -0.357. The molecule has 10 heteroatoms. The maximum Gasteiger partial charge on any atom is 1.00 e. The van der Waals surface area contributed by atoms with Crippen LogP contribution in [0, 0.1) is 5.92 Å². The van der Waals surface area contributed by atoms with E-state index in [9.17, 15) is 24.6 Å². The van der Waals surface area contributed by atoms with Crippen LogP contribution in [0.4, 0.5) is 0 Å². The third kappa shape index (κ3) is 4.21. The van der Waals surface area contributed by atoms with E-state index in [-0.39, 0.29) is 47.2 Å². The summed E-state index contributed by atoms with van der Waals surface area (Å²) in [5.41, 5.74) is -0.162. The van der Waals surface area contributed by atoms with Crippen molar-refractivity contribution in [2.45, 2.75) is 32.4 Å². The topological polar surface area (TPSA) is 110 Å². The van der Waals surface area contributed by atoms with Crippen molar-refractivity contribution in [3.05, 3.63) is 20.6 Å².